The van der Waals surface area contributed by atoms with Gasteiger partial charge in [0, 0.05) is 22.6 Å². The zero-order chi connectivity index (χ0) is 26.6. The molecule has 4 aromatic carbocycles. The van der Waals surface area contributed by atoms with E-state index in [2.05, 4.69) is 5.32 Å². The smallest absolute Gasteiger partial charge is 0.300 e. The normalized spacial score (nSPS) is 16.5. The summed E-state index contributed by atoms with van der Waals surface area (Å²) in [6.07, 6.45) is 0. The number of nitrogens with one attached hydrogen (secondary N) is 1. The zero-order valence-electron chi connectivity index (χ0n) is 21.2. The quantitative estimate of drug-likeness (QED) is 0.165. The average Bonchev–Trinajstić information content (AvgIpc) is 3.20. The standard InChI is InChI=1S/C32H28N2O4/c1-3-38-27-18-12-22(13-19-27)30(35)28-29(23-9-7-8-21(2)20-23)34(32(37)31(28)36)26-16-14-25(15-17-26)33-24-10-5-4-6-11-24/h4-20,29,33,35H,3H2,1-2H3/b30-28-. The maximum atomic E-state index is 13.4. The first-order valence-corrected chi connectivity index (χ1v) is 12.5. The molecule has 1 atom stereocenters. The van der Waals surface area contributed by atoms with E-state index in [0.29, 0.717) is 23.6 Å². The molecule has 6 heteroatoms. The summed E-state index contributed by atoms with van der Waals surface area (Å²) in [6, 6.07) is 30.8. The summed E-state index contributed by atoms with van der Waals surface area (Å²) >= 11 is 0. The SMILES string of the molecule is CCOc1ccc(/C(O)=C2/C(=O)C(=O)N(c3ccc(Nc4ccccc4)cc3)C2c2cccc(C)c2)cc1. The van der Waals surface area contributed by atoms with Gasteiger partial charge in [0.2, 0.25) is 0 Å². The van der Waals surface area contributed by atoms with Crippen molar-refractivity contribution in [3.05, 3.63) is 125 Å². The number of ketones is 1. The second kappa shape index (κ2) is 10.6. The van der Waals surface area contributed by atoms with Crippen molar-refractivity contribution in [3.63, 3.8) is 0 Å². The second-order valence-electron chi connectivity index (χ2n) is 9.08. The molecule has 0 aliphatic carbocycles. The van der Waals surface area contributed by atoms with Gasteiger partial charge in [0.05, 0.1) is 18.2 Å². The molecule has 0 aromatic heterocycles. The molecule has 1 saturated heterocycles. The van der Waals surface area contributed by atoms with Gasteiger partial charge in [0.15, 0.2) is 0 Å². The molecule has 1 unspecified atom stereocenters. The van der Waals surface area contributed by atoms with Gasteiger partial charge in [-0.05, 0) is 80.1 Å². The fourth-order valence-electron chi connectivity index (χ4n) is 4.68. The molecule has 4 aromatic rings. The van der Waals surface area contributed by atoms with Crippen LogP contribution in [0.2, 0.25) is 0 Å². The zero-order valence-corrected chi connectivity index (χ0v) is 21.2. The summed E-state index contributed by atoms with van der Waals surface area (Å²) in [5, 5.41) is 14.7. The monoisotopic (exact) mass is 504 g/mol. The van der Waals surface area contributed by atoms with Gasteiger partial charge in [-0.3, -0.25) is 14.5 Å². The Balaban J connectivity index is 1.57. The first kappa shape index (κ1) is 24.8. The summed E-state index contributed by atoms with van der Waals surface area (Å²) in [4.78, 5) is 28.3. The number of carbonyl (C=O) groups excluding carboxylic acids is 2. The Labute approximate surface area is 221 Å². The van der Waals surface area contributed by atoms with Crippen molar-refractivity contribution < 1.29 is 19.4 Å². The van der Waals surface area contributed by atoms with Gasteiger partial charge in [-0.25, -0.2) is 0 Å². The molecule has 1 fully saturated rings. The third-order valence-corrected chi connectivity index (χ3v) is 6.45. The van der Waals surface area contributed by atoms with E-state index in [-0.39, 0.29) is 11.3 Å². The van der Waals surface area contributed by atoms with Crippen molar-refractivity contribution in [2.24, 2.45) is 0 Å². The van der Waals surface area contributed by atoms with E-state index >= 15 is 0 Å². The third-order valence-electron chi connectivity index (χ3n) is 6.45. The number of para-hydroxylation sites is 1. The lowest BCUT2D eigenvalue weighted by Gasteiger charge is -2.26. The van der Waals surface area contributed by atoms with Crippen LogP contribution in [-0.2, 0) is 9.59 Å². The minimum Gasteiger partial charge on any atom is -0.507 e. The highest BCUT2D eigenvalue weighted by molar-refractivity contribution is 6.51. The first-order valence-electron chi connectivity index (χ1n) is 12.5. The Hall–Kier alpha value is -4.84. The predicted molar refractivity (Wildman–Crippen MR) is 150 cm³/mol. The van der Waals surface area contributed by atoms with Crippen molar-refractivity contribution >= 4 is 34.5 Å². The number of aliphatic hydroxyl groups excluding tert-OH is 1. The highest BCUT2D eigenvalue weighted by atomic mass is 16.5. The predicted octanol–water partition coefficient (Wildman–Crippen LogP) is 6.76. The third kappa shape index (κ3) is 4.89. The van der Waals surface area contributed by atoms with Crippen LogP contribution in [0.3, 0.4) is 0 Å². The Morgan fingerprint density at radius 3 is 2.21 bits per heavy atom. The Kier molecular flexibility index (Phi) is 6.96. The van der Waals surface area contributed by atoms with Crippen molar-refractivity contribution in [2.75, 3.05) is 16.8 Å². The number of hydrogen-bond acceptors (Lipinski definition) is 5. The van der Waals surface area contributed by atoms with Gasteiger partial charge in [0.25, 0.3) is 11.7 Å². The van der Waals surface area contributed by atoms with Crippen LogP contribution in [0.5, 0.6) is 5.75 Å². The molecular formula is C32H28N2O4. The second-order valence-corrected chi connectivity index (χ2v) is 9.08. The molecule has 0 radical (unpaired) electrons. The minimum absolute atomic E-state index is 0.0521. The Morgan fingerprint density at radius 2 is 1.55 bits per heavy atom. The number of anilines is 3. The molecule has 5 rings (SSSR count). The van der Waals surface area contributed by atoms with Gasteiger partial charge in [-0.15, -0.1) is 0 Å². The number of nitrogens with zero attached hydrogens (tertiary/aromatic N) is 1. The van der Waals surface area contributed by atoms with E-state index in [1.165, 1.54) is 4.90 Å². The molecule has 1 amide bonds. The number of Topliss-reactive ketones (excluding diaryl/α,β-unsaturated/α-hetero) is 1. The molecule has 1 heterocycles. The number of amides is 1. The van der Waals surface area contributed by atoms with E-state index < -0.39 is 17.7 Å². The lowest BCUT2D eigenvalue weighted by atomic mass is 9.94. The lowest BCUT2D eigenvalue weighted by molar-refractivity contribution is -0.132. The molecule has 0 spiro atoms. The van der Waals surface area contributed by atoms with E-state index in [1.807, 2.05) is 80.6 Å². The molecule has 38 heavy (non-hydrogen) atoms. The van der Waals surface area contributed by atoms with E-state index in [0.717, 1.165) is 22.5 Å². The summed E-state index contributed by atoms with van der Waals surface area (Å²) in [5.74, 6) is -0.978. The van der Waals surface area contributed by atoms with Crippen LogP contribution < -0.4 is 15.0 Å². The molecule has 0 bridgehead atoms. The van der Waals surface area contributed by atoms with E-state index in [1.54, 1.807) is 36.4 Å². The Morgan fingerprint density at radius 1 is 0.868 bits per heavy atom. The largest absolute Gasteiger partial charge is 0.507 e. The maximum Gasteiger partial charge on any atom is 0.300 e. The van der Waals surface area contributed by atoms with Crippen LogP contribution >= 0.6 is 0 Å². The molecule has 190 valence electrons. The molecule has 0 saturated carbocycles. The highest BCUT2D eigenvalue weighted by Crippen LogP contribution is 2.42. The number of carbonyl (C=O) groups is 2. The topological polar surface area (TPSA) is 78.9 Å². The molecule has 1 aliphatic rings. The van der Waals surface area contributed by atoms with E-state index in [4.69, 9.17) is 4.74 Å². The van der Waals surface area contributed by atoms with Crippen LogP contribution in [0.25, 0.3) is 5.76 Å². The van der Waals surface area contributed by atoms with Crippen LogP contribution in [0.1, 0.15) is 29.7 Å². The maximum absolute atomic E-state index is 13.4. The van der Waals surface area contributed by atoms with Gasteiger partial charge in [0.1, 0.15) is 11.5 Å². The number of rotatable bonds is 7. The van der Waals surface area contributed by atoms with Gasteiger partial charge >= 0.3 is 0 Å². The molecular weight excluding hydrogens is 476 g/mol. The molecule has 2 N–H and O–H groups in total. The minimum atomic E-state index is -0.783. The van der Waals surface area contributed by atoms with Crippen LogP contribution in [0.15, 0.2) is 109 Å². The van der Waals surface area contributed by atoms with E-state index in [9.17, 15) is 14.7 Å². The summed E-state index contributed by atoms with van der Waals surface area (Å²) < 4.78 is 5.50. The summed E-state index contributed by atoms with van der Waals surface area (Å²) in [7, 11) is 0. The molecule has 6 nitrogen and oxygen atoms in total. The van der Waals surface area contributed by atoms with Crippen molar-refractivity contribution in [1.29, 1.82) is 0 Å². The van der Waals surface area contributed by atoms with Gasteiger partial charge < -0.3 is 15.2 Å². The first-order chi connectivity index (χ1) is 18.5. The van der Waals surface area contributed by atoms with Crippen molar-refractivity contribution in [2.45, 2.75) is 19.9 Å². The van der Waals surface area contributed by atoms with Crippen LogP contribution in [0.4, 0.5) is 17.1 Å². The van der Waals surface area contributed by atoms with Gasteiger partial charge in [-0.2, -0.15) is 0 Å². The van der Waals surface area contributed by atoms with Crippen LogP contribution in [0, 0.1) is 6.92 Å². The highest BCUT2D eigenvalue weighted by Gasteiger charge is 2.47. The number of benzene rings is 4. The van der Waals surface area contributed by atoms with Crippen LogP contribution in [-0.4, -0.2) is 23.4 Å². The number of hydrogen-bond donors (Lipinski definition) is 2. The fourth-order valence-corrected chi connectivity index (χ4v) is 4.68. The average molecular weight is 505 g/mol. The number of aryl methyl sites for hydroxylation is 1. The number of aliphatic hydroxyl groups is 1. The lowest BCUT2D eigenvalue weighted by Crippen LogP contribution is -2.29. The summed E-state index contributed by atoms with van der Waals surface area (Å²) in [6.45, 7) is 4.36. The number of ether oxygens (including phenoxy) is 1. The summed E-state index contributed by atoms with van der Waals surface area (Å²) in [5.41, 5.74) is 4.55. The fraction of sp³-hybridized carbons (Fsp3) is 0.125. The van der Waals surface area contributed by atoms with Crippen molar-refractivity contribution in [1.82, 2.24) is 0 Å². The van der Waals surface area contributed by atoms with Crippen molar-refractivity contribution in [3.8, 4) is 5.75 Å². The molecule has 1 aliphatic heterocycles. The Bertz CT molecular complexity index is 1490. The van der Waals surface area contributed by atoms with Gasteiger partial charge in [-0.1, -0.05) is 48.0 Å².